The van der Waals surface area contributed by atoms with Crippen LogP contribution in [-0.4, -0.2) is 34.7 Å². The number of carbonyl (C=O) groups is 2. The summed E-state index contributed by atoms with van der Waals surface area (Å²) in [5.41, 5.74) is -0.620. The highest BCUT2D eigenvalue weighted by atomic mass is 32.1. The average Bonchev–Trinajstić information content (AvgIpc) is 3.26. The number of esters is 1. The first-order valence-corrected chi connectivity index (χ1v) is 13.3. The summed E-state index contributed by atoms with van der Waals surface area (Å²) in [7, 11) is 0. The quantitative estimate of drug-likeness (QED) is 0.255. The summed E-state index contributed by atoms with van der Waals surface area (Å²) in [4.78, 5) is 30.0. The highest BCUT2D eigenvalue weighted by Crippen LogP contribution is 2.34. The van der Waals surface area contributed by atoms with Crippen LogP contribution >= 0.6 is 11.3 Å². The predicted molar refractivity (Wildman–Crippen MR) is 141 cm³/mol. The maximum Gasteiger partial charge on any atom is 0.416 e. The summed E-state index contributed by atoms with van der Waals surface area (Å²) in [5.74, 6) is -1.26. The third kappa shape index (κ3) is 7.45. The number of hydrogen-bond acceptors (Lipinski definition) is 7. The maximum atomic E-state index is 13.4. The van der Waals surface area contributed by atoms with Crippen molar-refractivity contribution in [2.45, 2.75) is 72.9 Å². The monoisotopic (exact) mass is 568 g/mol. The van der Waals surface area contributed by atoms with E-state index in [-0.39, 0.29) is 41.7 Å². The van der Waals surface area contributed by atoms with Gasteiger partial charge in [0.25, 0.3) is 12.6 Å². The fourth-order valence-electron chi connectivity index (χ4n) is 3.61. The molecule has 0 aliphatic heterocycles. The Labute approximate surface area is 228 Å². The van der Waals surface area contributed by atoms with Crippen LogP contribution in [0, 0.1) is 5.41 Å². The van der Waals surface area contributed by atoms with Crippen LogP contribution in [0.4, 0.5) is 18.3 Å². The smallest absolute Gasteiger partial charge is 0.416 e. The number of thiazole rings is 1. The third-order valence-electron chi connectivity index (χ3n) is 5.89. The molecule has 1 unspecified atom stereocenters. The third-order valence-corrected chi connectivity index (χ3v) is 6.83. The van der Waals surface area contributed by atoms with E-state index in [0.717, 1.165) is 28.9 Å². The Morgan fingerprint density at radius 2 is 1.87 bits per heavy atom. The number of ether oxygens (including phenoxy) is 2. The number of pyridine rings is 1. The van der Waals surface area contributed by atoms with Crippen molar-refractivity contribution in [2.75, 3.05) is 11.9 Å². The highest BCUT2D eigenvalue weighted by molar-refractivity contribution is 7.22. The summed E-state index contributed by atoms with van der Waals surface area (Å²) in [6.45, 7) is 10.5. The molecule has 2 N–H and O–H groups in total. The number of alkyl halides is 3. The molecule has 2 aromatic heterocycles. The molecule has 0 fully saturated rings. The molecular weight excluding hydrogens is 535 g/mol. The average molecular weight is 569 g/mol. The van der Waals surface area contributed by atoms with Gasteiger partial charge in [0.05, 0.1) is 27.3 Å². The molecule has 1 aromatic carbocycles. The first kappa shape index (κ1) is 30.3. The van der Waals surface area contributed by atoms with Crippen LogP contribution in [0.5, 0.6) is 5.75 Å². The van der Waals surface area contributed by atoms with Crippen LogP contribution in [0.2, 0.25) is 0 Å². The fraction of sp³-hybridized carbons (Fsp3) is 0.481. The molecule has 39 heavy (non-hydrogen) atoms. The van der Waals surface area contributed by atoms with E-state index in [1.165, 1.54) is 18.3 Å². The lowest BCUT2D eigenvalue weighted by Crippen LogP contribution is -2.42. The van der Waals surface area contributed by atoms with Crippen LogP contribution in [0.15, 0.2) is 30.5 Å². The molecule has 2 atom stereocenters. The Balaban J connectivity index is 1.97. The number of rotatable bonds is 9. The molecular formula is C27H33F3N3O5S+. The molecule has 0 radical (unpaired) electrons. The van der Waals surface area contributed by atoms with Gasteiger partial charge in [-0.2, -0.15) is 17.7 Å². The van der Waals surface area contributed by atoms with Gasteiger partial charge in [-0.05, 0) is 52.3 Å². The first-order chi connectivity index (χ1) is 18.1. The maximum absolute atomic E-state index is 13.4. The van der Waals surface area contributed by atoms with Gasteiger partial charge in [-0.3, -0.25) is 14.9 Å². The largest absolute Gasteiger partial charge is 0.490 e. The van der Waals surface area contributed by atoms with Crippen molar-refractivity contribution in [3.8, 4) is 5.75 Å². The lowest BCUT2D eigenvalue weighted by Gasteiger charge is -2.16. The number of carbonyl (C=O) groups excluding carboxylic acids is 2. The van der Waals surface area contributed by atoms with E-state index < -0.39 is 29.2 Å². The summed E-state index contributed by atoms with van der Waals surface area (Å²) in [5, 5.41) is 12.3. The van der Waals surface area contributed by atoms with Gasteiger partial charge in [0.15, 0.2) is 16.8 Å². The number of benzene rings is 1. The van der Waals surface area contributed by atoms with Gasteiger partial charge in [-0.25, -0.2) is 4.98 Å². The molecule has 8 nitrogen and oxygen atoms in total. The Morgan fingerprint density at radius 1 is 1.18 bits per heavy atom. The Morgan fingerprint density at radius 3 is 2.46 bits per heavy atom. The number of nitrogens with zero attached hydrogens (tertiary/aromatic N) is 2. The van der Waals surface area contributed by atoms with E-state index >= 15 is 0 Å². The van der Waals surface area contributed by atoms with Gasteiger partial charge < -0.3 is 14.6 Å². The highest BCUT2D eigenvalue weighted by Gasteiger charge is 2.33. The first-order valence-electron chi connectivity index (χ1n) is 12.4. The van der Waals surface area contributed by atoms with E-state index in [1.807, 2.05) is 13.8 Å². The summed E-state index contributed by atoms with van der Waals surface area (Å²) in [6, 6.07) is 4.36. The van der Waals surface area contributed by atoms with Gasteiger partial charge in [0.2, 0.25) is 5.69 Å². The second-order valence-corrected chi connectivity index (χ2v) is 11.4. The zero-order valence-electron chi connectivity index (χ0n) is 22.7. The molecule has 3 aromatic rings. The lowest BCUT2D eigenvalue weighted by atomic mass is 9.97. The van der Waals surface area contributed by atoms with E-state index in [4.69, 9.17) is 9.47 Å². The molecule has 0 spiro atoms. The summed E-state index contributed by atoms with van der Waals surface area (Å²) < 4.78 is 53.5. The van der Waals surface area contributed by atoms with Gasteiger partial charge in [-0.15, -0.1) is 0 Å². The molecule has 212 valence electrons. The standard InChI is InChI=1S/C27H32F3N3O5S/c1-7-15(2)22-21-20(10-11-33(22)14-38-24(36)26(4,5)6)39-25(31-21)32-23(35)18-12-17(27(28,29)30)8-9-19(18)37-13-16(3)34/h8-12,15-16,34H,7,13-14H2,1-6H3/p+1/t15?,16-/m0/s1. The van der Waals surface area contributed by atoms with Crippen molar-refractivity contribution in [2.24, 2.45) is 5.41 Å². The number of anilines is 1. The number of aromatic nitrogens is 2. The second-order valence-electron chi connectivity index (χ2n) is 10.3. The van der Waals surface area contributed by atoms with Crippen LogP contribution in [0.1, 0.15) is 75.5 Å². The zero-order chi connectivity index (χ0) is 29.1. The molecule has 0 saturated heterocycles. The molecule has 0 aliphatic rings. The zero-order valence-corrected chi connectivity index (χ0v) is 23.5. The van der Waals surface area contributed by atoms with Crippen LogP contribution in [0.25, 0.3) is 10.2 Å². The predicted octanol–water partition coefficient (Wildman–Crippen LogP) is 5.67. The molecule has 2 heterocycles. The Kier molecular flexibility index (Phi) is 9.22. The van der Waals surface area contributed by atoms with E-state index in [9.17, 15) is 27.9 Å². The fourth-order valence-corrected chi connectivity index (χ4v) is 4.47. The molecule has 3 rings (SSSR count). The Hall–Kier alpha value is -3.25. The normalized spacial score (nSPS) is 13.7. The van der Waals surface area contributed by atoms with Gasteiger partial charge in [0, 0.05) is 12.0 Å². The van der Waals surface area contributed by atoms with Crippen molar-refractivity contribution in [1.82, 2.24) is 4.98 Å². The molecule has 0 saturated carbocycles. The van der Waals surface area contributed by atoms with Crippen molar-refractivity contribution >= 4 is 38.6 Å². The number of nitrogens with one attached hydrogen (secondary N) is 1. The van der Waals surface area contributed by atoms with Gasteiger partial charge >= 0.3 is 12.1 Å². The number of aliphatic hydroxyl groups excluding tert-OH is 1. The van der Waals surface area contributed by atoms with Crippen molar-refractivity contribution in [3.63, 3.8) is 0 Å². The molecule has 0 bridgehead atoms. The van der Waals surface area contributed by atoms with Gasteiger partial charge in [-0.1, -0.05) is 25.2 Å². The summed E-state index contributed by atoms with van der Waals surface area (Å²) >= 11 is 1.17. The molecule has 1 amide bonds. The van der Waals surface area contributed by atoms with E-state index in [0.29, 0.717) is 11.6 Å². The number of hydrogen-bond donors (Lipinski definition) is 2. The van der Waals surface area contributed by atoms with E-state index in [2.05, 4.69) is 10.3 Å². The van der Waals surface area contributed by atoms with Crippen LogP contribution in [0.3, 0.4) is 0 Å². The molecule has 0 aliphatic carbocycles. The molecule has 12 heteroatoms. The Bertz CT molecular complexity index is 1350. The van der Waals surface area contributed by atoms with E-state index in [1.54, 1.807) is 37.6 Å². The minimum absolute atomic E-state index is 0.0147. The number of aliphatic hydroxyl groups is 1. The van der Waals surface area contributed by atoms with Crippen LogP contribution in [-0.2, 0) is 22.4 Å². The minimum Gasteiger partial charge on any atom is -0.490 e. The number of fused-ring (bicyclic) bond motifs is 1. The van der Waals surface area contributed by atoms with Crippen molar-refractivity contribution in [1.29, 1.82) is 0 Å². The second kappa shape index (κ2) is 11.9. The number of amides is 1. The SMILES string of the molecule is CCC(C)c1c2nc(NC(=O)c3cc(C(F)(F)F)ccc3OC[C@H](C)O)sc2cc[n+]1COC(=O)C(C)(C)C. The topological polar surface area (TPSA) is 102 Å². The lowest BCUT2D eigenvalue weighted by molar-refractivity contribution is -0.734. The van der Waals surface area contributed by atoms with Crippen molar-refractivity contribution in [3.05, 3.63) is 47.3 Å². The summed E-state index contributed by atoms with van der Waals surface area (Å²) in [6.07, 6.45) is -3.01. The minimum atomic E-state index is -4.66. The number of halogens is 3. The van der Waals surface area contributed by atoms with Crippen LogP contribution < -0.4 is 14.6 Å². The van der Waals surface area contributed by atoms with Gasteiger partial charge in [0.1, 0.15) is 12.4 Å². The van der Waals surface area contributed by atoms with Crippen molar-refractivity contribution < 1.29 is 41.9 Å².